The zero-order valence-corrected chi connectivity index (χ0v) is 10.9. The Kier molecular flexibility index (Phi) is 4.32. The van der Waals surface area contributed by atoms with E-state index < -0.39 is 17.8 Å². The van der Waals surface area contributed by atoms with Gasteiger partial charge in [-0.15, -0.1) is 0 Å². The first kappa shape index (κ1) is 14.8. The van der Waals surface area contributed by atoms with Gasteiger partial charge in [0.05, 0.1) is 6.10 Å². The van der Waals surface area contributed by atoms with Gasteiger partial charge in [0.1, 0.15) is 12.6 Å². The number of halogens is 3. The highest BCUT2D eigenvalue weighted by atomic mass is 19.4. The second-order valence-corrected chi connectivity index (χ2v) is 4.63. The molecule has 1 fully saturated rings. The maximum atomic E-state index is 12.4. The third-order valence-electron chi connectivity index (χ3n) is 3.20. The van der Waals surface area contributed by atoms with Crippen molar-refractivity contribution in [3.05, 3.63) is 18.0 Å². The summed E-state index contributed by atoms with van der Waals surface area (Å²) in [5.41, 5.74) is -1.03. The lowest BCUT2D eigenvalue weighted by atomic mass is 10.2. The minimum absolute atomic E-state index is 0.137. The molecule has 0 aromatic carbocycles. The molecule has 1 heterocycles. The first-order chi connectivity index (χ1) is 9.40. The predicted octanol–water partition coefficient (Wildman–Crippen LogP) is 2.01. The number of alkyl halides is 3. The Hall–Kier alpha value is -1.57. The minimum Gasteiger partial charge on any atom is -0.458 e. The lowest BCUT2D eigenvalue weighted by molar-refractivity contribution is -0.155. The average Bonchev–Trinajstić information content (AvgIpc) is 2.97. The van der Waals surface area contributed by atoms with E-state index >= 15 is 0 Å². The van der Waals surface area contributed by atoms with E-state index in [2.05, 4.69) is 5.10 Å². The first-order valence-electron chi connectivity index (χ1n) is 6.23. The Balaban J connectivity index is 1.90. The quantitative estimate of drug-likeness (QED) is 0.797. The molecule has 0 saturated heterocycles. The van der Waals surface area contributed by atoms with Crippen LogP contribution in [-0.2, 0) is 27.0 Å². The molecule has 0 bridgehead atoms. The summed E-state index contributed by atoms with van der Waals surface area (Å²) in [6.07, 6.45) is -1.46. The average molecular weight is 292 g/mol. The Bertz CT molecular complexity index is 473. The number of nitrogens with zero attached hydrogens (tertiary/aromatic N) is 2. The van der Waals surface area contributed by atoms with E-state index in [9.17, 15) is 18.0 Å². The van der Waals surface area contributed by atoms with Crippen LogP contribution in [0.2, 0.25) is 0 Å². The largest absolute Gasteiger partial charge is 0.458 e. The van der Waals surface area contributed by atoms with Crippen molar-refractivity contribution >= 4 is 5.97 Å². The van der Waals surface area contributed by atoms with Crippen LogP contribution in [0.3, 0.4) is 0 Å². The molecule has 5 nitrogen and oxygen atoms in total. The van der Waals surface area contributed by atoms with Crippen molar-refractivity contribution in [1.82, 2.24) is 9.78 Å². The second-order valence-electron chi connectivity index (χ2n) is 4.63. The van der Waals surface area contributed by atoms with Gasteiger partial charge in [0, 0.05) is 13.3 Å². The van der Waals surface area contributed by atoms with Gasteiger partial charge in [-0.2, -0.15) is 18.3 Å². The second kappa shape index (κ2) is 5.82. The SMILES string of the molecule is CO[C@H]1CCC[C@@H]1OC(=O)Cn1ccc(C(F)(F)F)n1. The number of aromatic nitrogens is 2. The molecule has 0 aliphatic heterocycles. The van der Waals surface area contributed by atoms with Crippen molar-refractivity contribution in [3.63, 3.8) is 0 Å². The van der Waals surface area contributed by atoms with Gasteiger partial charge in [-0.25, -0.2) is 0 Å². The van der Waals surface area contributed by atoms with Gasteiger partial charge in [-0.05, 0) is 25.3 Å². The molecule has 1 saturated carbocycles. The topological polar surface area (TPSA) is 53.4 Å². The number of hydrogen-bond acceptors (Lipinski definition) is 4. The third kappa shape index (κ3) is 3.50. The maximum Gasteiger partial charge on any atom is 0.435 e. The molecule has 0 unspecified atom stereocenters. The van der Waals surface area contributed by atoms with Crippen molar-refractivity contribution in [3.8, 4) is 0 Å². The van der Waals surface area contributed by atoms with E-state index in [-0.39, 0.29) is 18.8 Å². The van der Waals surface area contributed by atoms with Crippen LogP contribution >= 0.6 is 0 Å². The van der Waals surface area contributed by atoms with Crippen LogP contribution < -0.4 is 0 Å². The lowest BCUT2D eigenvalue weighted by Gasteiger charge is -2.18. The van der Waals surface area contributed by atoms with Gasteiger partial charge >= 0.3 is 12.1 Å². The normalized spacial score (nSPS) is 23.0. The molecule has 2 atom stereocenters. The van der Waals surface area contributed by atoms with Crippen LogP contribution in [0.5, 0.6) is 0 Å². The maximum absolute atomic E-state index is 12.4. The highest BCUT2D eigenvalue weighted by Gasteiger charge is 2.34. The van der Waals surface area contributed by atoms with Crippen LogP contribution in [0, 0.1) is 0 Å². The molecule has 1 aromatic rings. The number of ether oxygens (including phenoxy) is 2. The Morgan fingerprint density at radius 3 is 2.75 bits per heavy atom. The Morgan fingerprint density at radius 2 is 2.15 bits per heavy atom. The van der Waals surface area contributed by atoms with Crippen LogP contribution in [-0.4, -0.2) is 35.1 Å². The summed E-state index contributed by atoms with van der Waals surface area (Å²) in [6, 6.07) is 0.820. The number of carbonyl (C=O) groups excluding carboxylic acids is 1. The van der Waals surface area contributed by atoms with Crippen molar-refractivity contribution in [1.29, 1.82) is 0 Å². The summed E-state index contributed by atoms with van der Waals surface area (Å²) in [4.78, 5) is 11.7. The van der Waals surface area contributed by atoms with Crippen molar-refractivity contribution < 1.29 is 27.4 Å². The van der Waals surface area contributed by atoms with Crippen LogP contribution in [0.1, 0.15) is 25.0 Å². The molecule has 8 heteroatoms. The van der Waals surface area contributed by atoms with E-state index in [0.29, 0.717) is 6.42 Å². The van der Waals surface area contributed by atoms with Gasteiger partial charge < -0.3 is 9.47 Å². The molecule has 1 aliphatic rings. The van der Waals surface area contributed by atoms with E-state index in [0.717, 1.165) is 29.8 Å². The summed E-state index contributed by atoms with van der Waals surface area (Å²) in [5.74, 6) is -0.615. The molecule has 0 amide bonds. The van der Waals surface area contributed by atoms with E-state index in [4.69, 9.17) is 9.47 Å². The number of esters is 1. The summed E-state index contributed by atoms with van der Waals surface area (Å²) < 4.78 is 48.4. The van der Waals surface area contributed by atoms with E-state index in [1.807, 2.05) is 0 Å². The molecular weight excluding hydrogens is 277 g/mol. The van der Waals surface area contributed by atoms with Crippen molar-refractivity contribution in [2.75, 3.05) is 7.11 Å². The predicted molar refractivity (Wildman–Crippen MR) is 61.8 cm³/mol. The van der Waals surface area contributed by atoms with E-state index in [1.54, 1.807) is 7.11 Å². The Labute approximate surface area is 113 Å². The van der Waals surface area contributed by atoms with Crippen LogP contribution in [0.15, 0.2) is 12.3 Å². The first-order valence-corrected chi connectivity index (χ1v) is 6.23. The Morgan fingerprint density at radius 1 is 1.45 bits per heavy atom. The molecular formula is C12H15F3N2O3. The van der Waals surface area contributed by atoms with Crippen LogP contribution in [0.25, 0.3) is 0 Å². The zero-order chi connectivity index (χ0) is 14.8. The molecule has 20 heavy (non-hydrogen) atoms. The summed E-state index contributed by atoms with van der Waals surface area (Å²) in [7, 11) is 1.54. The third-order valence-corrected chi connectivity index (χ3v) is 3.20. The highest BCUT2D eigenvalue weighted by molar-refractivity contribution is 5.69. The number of rotatable bonds is 4. The fourth-order valence-electron chi connectivity index (χ4n) is 2.24. The standard InChI is InChI=1S/C12H15F3N2O3/c1-19-8-3-2-4-9(8)20-11(18)7-17-6-5-10(16-17)12(13,14)15/h5-6,8-9H,2-4,7H2,1H3/t8-,9-/m0/s1. The lowest BCUT2D eigenvalue weighted by Crippen LogP contribution is -2.29. The van der Waals surface area contributed by atoms with E-state index in [1.165, 1.54) is 0 Å². The minimum atomic E-state index is -4.51. The summed E-state index contributed by atoms with van der Waals surface area (Å²) in [5, 5.41) is 3.29. The molecule has 0 N–H and O–H groups in total. The zero-order valence-electron chi connectivity index (χ0n) is 10.9. The number of carbonyl (C=O) groups is 1. The fourth-order valence-corrected chi connectivity index (χ4v) is 2.24. The molecule has 2 rings (SSSR count). The monoisotopic (exact) mass is 292 g/mol. The summed E-state index contributed by atoms with van der Waals surface area (Å²) in [6.45, 7) is -0.344. The number of methoxy groups -OCH3 is 1. The highest BCUT2D eigenvalue weighted by Crippen LogP contribution is 2.27. The van der Waals surface area contributed by atoms with Gasteiger partial charge in [0.25, 0.3) is 0 Å². The van der Waals surface area contributed by atoms with Gasteiger partial charge in [-0.3, -0.25) is 9.48 Å². The molecule has 0 radical (unpaired) electrons. The number of hydrogen-bond donors (Lipinski definition) is 0. The smallest absolute Gasteiger partial charge is 0.435 e. The van der Waals surface area contributed by atoms with Crippen molar-refractivity contribution in [2.24, 2.45) is 0 Å². The van der Waals surface area contributed by atoms with Gasteiger partial charge in [0.2, 0.25) is 0 Å². The van der Waals surface area contributed by atoms with Crippen molar-refractivity contribution in [2.45, 2.75) is 44.2 Å². The van der Waals surface area contributed by atoms with Crippen LogP contribution in [0.4, 0.5) is 13.2 Å². The van der Waals surface area contributed by atoms with Gasteiger partial charge in [0.15, 0.2) is 5.69 Å². The molecule has 1 aromatic heterocycles. The molecule has 112 valence electrons. The molecule has 1 aliphatic carbocycles. The fraction of sp³-hybridized carbons (Fsp3) is 0.667. The summed E-state index contributed by atoms with van der Waals surface area (Å²) >= 11 is 0. The molecule has 0 spiro atoms. The van der Waals surface area contributed by atoms with Gasteiger partial charge in [-0.1, -0.05) is 0 Å².